The zero-order valence-electron chi connectivity index (χ0n) is 10.1. The van der Waals surface area contributed by atoms with Gasteiger partial charge in [-0.1, -0.05) is 29.1 Å². The lowest BCUT2D eigenvalue weighted by atomic mass is 10.1. The number of allylic oxidation sites excluding steroid dienone is 2. The molecule has 4 heteroatoms. The van der Waals surface area contributed by atoms with Gasteiger partial charge in [-0.2, -0.15) is 0 Å². The Bertz CT molecular complexity index is 335. The first-order chi connectivity index (χ1) is 7.17. The molecule has 0 aliphatic rings. The molecule has 3 nitrogen and oxygen atoms in total. The number of ether oxygens (including phenoxy) is 2. The van der Waals surface area contributed by atoms with Crippen molar-refractivity contribution in [2.75, 3.05) is 7.11 Å². The molecule has 0 aliphatic carbocycles. The second-order valence-corrected chi connectivity index (χ2v) is 5.15. The third-order valence-electron chi connectivity index (χ3n) is 1.47. The fourth-order valence-corrected chi connectivity index (χ4v) is 1.08. The van der Waals surface area contributed by atoms with Crippen molar-refractivity contribution in [1.82, 2.24) is 0 Å². The quantitative estimate of drug-likeness (QED) is 0.345. The number of hydrogen-bond acceptors (Lipinski definition) is 3. The second kappa shape index (κ2) is 5.89. The molecule has 0 saturated carbocycles. The SMILES string of the molecule is C=C(Br)/C=C(\C(=C)OC)C(=O)OC(C)(C)C. The summed E-state index contributed by atoms with van der Waals surface area (Å²) < 4.78 is 10.7. The van der Waals surface area contributed by atoms with Gasteiger partial charge in [-0.15, -0.1) is 0 Å². The van der Waals surface area contributed by atoms with E-state index in [1.807, 2.05) is 0 Å². The van der Waals surface area contributed by atoms with E-state index in [-0.39, 0.29) is 11.3 Å². The Labute approximate surface area is 105 Å². The van der Waals surface area contributed by atoms with Crippen LogP contribution in [0.25, 0.3) is 0 Å². The van der Waals surface area contributed by atoms with Gasteiger partial charge in [-0.25, -0.2) is 4.79 Å². The molecular weight excluding hydrogens is 272 g/mol. The molecule has 0 bridgehead atoms. The summed E-state index contributed by atoms with van der Waals surface area (Å²) in [6, 6.07) is 0. The first kappa shape index (κ1) is 15.0. The molecule has 0 spiro atoms. The lowest BCUT2D eigenvalue weighted by Gasteiger charge is -2.20. The third-order valence-corrected chi connectivity index (χ3v) is 1.70. The number of carbonyl (C=O) groups is 1. The summed E-state index contributed by atoms with van der Waals surface area (Å²) in [5.74, 6) is -0.241. The lowest BCUT2D eigenvalue weighted by molar-refractivity contribution is -0.149. The van der Waals surface area contributed by atoms with E-state index >= 15 is 0 Å². The van der Waals surface area contributed by atoms with Crippen LogP contribution in [-0.2, 0) is 14.3 Å². The maximum Gasteiger partial charge on any atom is 0.342 e. The minimum absolute atomic E-state index is 0.245. The number of hydrogen-bond donors (Lipinski definition) is 0. The summed E-state index contributed by atoms with van der Waals surface area (Å²) in [6.07, 6.45) is 1.51. The summed E-state index contributed by atoms with van der Waals surface area (Å²) in [7, 11) is 1.44. The maximum atomic E-state index is 11.8. The van der Waals surface area contributed by atoms with Gasteiger partial charge < -0.3 is 9.47 Å². The van der Waals surface area contributed by atoms with Crippen LogP contribution in [0.1, 0.15) is 20.8 Å². The molecule has 0 aromatic rings. The van der Waals surface area contributed by atoms with Crippen molar-refractivity contribution in [2.24, 2.45) is 0 Å². The Kier molecular flexibility index (Phi) is 5.51. The smallest absolute Gasteiger partial charge is 0.342 e. The van der Waals surface area contributed by atoms with Crippen LogP contribution < -0.4 is 0 Å². The van der Waals surface area contributed by atoms with Crippen molar-refractivity contribution in [1.29, 1.82) is 0 Å². The zero-order valence-corrected chi connectivity index (χ0v) is 11.7. The van der Waals surface area contributed by atoms with E-state index in [1.165, 1.54) is 13.2 Å². The van der Waals surface area contributed by atoms with Crippen LogP contribution in [0.2, 0.25) is 0 Å². The highest BCUT2D eigenvalue weighted by Gasteiger charge is 2.22. The van der Waals surface area contributed by atoms with Gasteiger partial charge in [0.15, 0.2) is 0 Å². The van der Waals surface area contributed by atoms with E-state index < -0.39 is 11.6 Å². The number of carbonyl (C=O) groups excluding carboxylic acids is 1. The maximum absolute atomic E-state index is 11.8. The van der Waals surface area contributed by atoms with E-state index in [2.05, 4.69) is 29.1 Å². The standard InChI is InChI=1S/C12H17BrO3/c1-8(13)7-10(9(2)15-6)11(14)16-12(3,4)5/h7H,1-2H2,3-6H3/b10-7+. The highest BCUT2D eigenvalue weighted by Crippen LogP contribution is 2.19. The molecule has 16 heavy (non-hydrogen) atoms. The molecule has 0 aromatic carbocycles. The molecule has 0 unspecified atom stereocenters. The first-order valence-corrected chi connectivity index (χ1v) is 5.49. The molecule has 0 aromatic heterocycles. The van der Waals surface area contributed by atoms with E-state index in [9.17, 15) is 4.79 Å². The van der Waals surface area contributed by atoms with Gasteiger partial charge in [0.25, 0.3) is 0 Å². The van der Waals surface area contributed by atoms with Crippen LogP contribution in [0, 0.1) is 0 Å². The van der Waals surface area contributed by atoms with E-state index in [1.54, 1.807) is 20.8 Å². The van der Waals surface area contributed by atoms with Crippen LogP contribution in [0.4, 0.5) is 0 Å². The van der Waals surface area contributed by atoms with Gasteiger partial charge in [-0.05, 0) is 26.8 Å². The van der Waals surface area contributed by atoms with E-state index in [4.69, 9.17) is 9.47 Å². The van der Waals surface area contributed by atoms with Crippen molar-refractivity contribution in [3.05, 3.63) is 35.0 Å². The highest BCUT2D eigenvalue weighted by atomic mass is 79.9. The molecule has 0 atom stereocenters. The van der Waals surface area contributed by atoms with Crippen molar-refractivity contribution in [3.63, 3.8) is 0 Å². The minimum Gasteiger partial charge on any atom is -0.496 e. The fourth-order valence-electron chi connectivity index (χ4n) is 0.853. The summed E-state index contributed by atoms with van der Waals surface area (Å²) in [5.41, 5.74) is -0.308. The van der Waals surface area contributed by atoms with E-state index in [0.29, 0.717) is 4.48 Å². The predicted octanol–water partition coefficient (Wildman–Crippen LogP) is 3.32. The molecule has 0 aliphatic heterocycles. The molecule has 0 rings (SSSR count). The molecule has 0 amide bonds. The Morgan fingerprint density at radius 1 is 1.31 bits per heavy atom. The van der Waals surface area contributed by atoms with Crippen LogP contribution >= 0.6 is 15.9 Å². The van der Waals surface area contributed by atoms with Gasteiger partial charge in [0, 0.05) is 4.48 Å². The molecule has 0 N–H and O–H groups in total. The minimum atomic E-state index is -0.558. The van der Waals surface area contributed by atoms with Gasteiger partial charge in [0.05, 0.1) is 7.11 Å². The van der Waals surface area contributed by atoms with Crippen LogP contribution in [-0.4, -0.2) is 18.7 Å². The van der Waals surface area contributed by atoms with Crippen LogP contribution in [0.5, 0.6) is 0 Å². The fraction of sp³-hybridized carbons (Fsp3) is 0.417. The summed E-state index contributed by atoms with van der Waals surface area (Å²) in [5, 5.41) is 0. The number of rotatable bonds is 4. The zero-order chi connectivity index (χ0) is 12.9. The topological polar surface area (TPSA) is 35.5 Å². The lowest BCUT2D eigenvalue weighted by Crippen LogP contribution is -2.25. The van der Waals surface area contributed by atoms with Gasteiger partial charge in [0.2, 0.25) is 0 Å². The average Bonchev–Trinajstić information content (AvgIpc) is 2.09. The van der Waals surface area contributed by atoms with Crippen LogP contribution in [0.3, 0.4) is 0 Å². The van der Waals surface area contributed by atoms with Crippen molar-refractivity contribution in [2.45, 2.75) is 26.4 Å². The van der Waals surface area contributed by atoms with Crippen molar-refractivity contribution < 1.29 is 14.3 Å². The monoisotopic (exact) mass is 288 g/mol. The largest absolute Gasteiger partial charge is 0.496 e. The normalized spacial score (nSPS) is 11.9. The number of methoxy groups -OCH3 is 1. The first-order valence-electron chi connectivity index (χ1n) is 4.70. The Hall–Kier alpha value is -1.03. The average molecular weight is 289 g/mol. The summed E-state index contributed by atoms with van der Waals surface area (Å²) in [4.78, 5) is 11.8. The molecule has 0 heterocycles. The molecular formula is C12H17BrO3. The second-order valence-electron chi connectivity index (χ2n) is 4.13. The van der Waals surface area contributed by atoms with Gasteiger partial charge in [-0.3, -0.25) is 0 Å². The Balaban J connectivity index is 5.00. The third kappa shape index (κ3) is 5.75. The molecule has 90 valence electrons. The van der Waals surface area contributed by atoms with Crippen molar-refractivity contribution >= 4 is 21.9 Å². The highest BCUT2D eigenvalue weighted by molar-refractivity contribution is 9.11. The van der Waals surface area contributed by atoms with Crippen LogP contribution in [0.15, 0.2) is 35.0 Å². The number of esters is 1. The van der Waals surface area contributed by atoms with Gasteiger partial charge >= 0.3 is 5.97 Å². The Morgan fingerprint density at radius 3 is 2.12 bits per heavy atom. The van der Waals surface area contributed by atoms with Gasteiger partial charge in [0.1, 0.15) is 16.9 Å². The summed E-state index contributed by atoms with van der Waals surface area (Å²) >= 11 is 3.15. The van der Waals surface area contributed by atoms with E-state index in [0.717, 1.165) is 0 Å². The van der Waals surface area contributed by atoms with Crippen molar-refractivity contribution in [3.8, 4) is 0 Å². The molecule has 0 fully saturated rings. The molecule has 0 saturated heterocycles. The number of halogens is 1. The molecule has 0 radical (unpaired) electrons. The summed E-state index contributed by atoms with van der Waals surface area (Å²) in [6.45, 7) is 12.6. The predicted molar refractivity (Wildman–Crippen MR) is 68.1 cm³/mol. The Morgan fingerprint density at radius 2 is 1.81 bits per heavy atom.